The third-order valence-corrected chi connectivity index (χ3v) is 4.44. The van der Waals surface area contributed by atoms with Crippen LogP contribution in [0.1, 0.15) is 54.0 Å². The molecule has 1 aromatic carbocycles. The molecule has 0 saturated heterocycles. The van der Waals surface area contributed by atoms with Gasteiger partial charge in [0.25, 0.3) is 0 Å². The second-order valence-corrected chi connectivity index (χ2v) is 5.87. The minimum absolute atomic E-state index is 0.258. The SMILES string of the molecule is CCc1c(C)nn(C(C)C(NC)c2ccc(C)cc2)c1C. The number of likely N-dealkylation sites (N-methyl/N-ethyl adjacent to an activating group) is 1. The molecule has 0 aliphatic heterocycles. The molecule has 0 fully saturated rings. The van der Waals surface area contributed by atoms with Crippen molar-refractivity contribution in [2.24, 2.45) is 0 Å². The van der Waals surface area contributed by atoms with Crippen molar-refractivity contribution in [1.82, 2.24) is 15.1 Å². The summed E-state index contributed by atoms with van der Waals surface area (Å²) >= 11 is 0. The summed E-state index contributed by atoms with van der Waals surface area (Å²) in [6, 6.07) is 9.29. The number of nitrogens with zero attached hydrogens (tertiary/aromatic N) is 2. The van der Waals surface area contributed by atoms with Crippen LogP contribution in [-0.2, 0) is 6.42 Å². The Kier molecular flexibility index (Phi) is 4.84. The third kappa shape index (κ3) is 3.03. The maximum absolute atomic E-state index is 4.77. The Labute approximate surface area is 128 Å². The Bertz CT molecular complexity index is 596. The van der Waals surface area contributed by atoms with E-state index >= 15 is 0 Å². The first-order valence-electron chi connectivity index (χ1n) is 7.78. The molecular weight excluding hydrogens is 258 g/mol. The molecule has 21 heavy (non-hydrogen) atoms. The highest BCUT2D eigenvalue weighted by Crippen LogP contribution is 2.28. The van der Waals surface area contributed by atoms with Crippen LogP contribution in [0.15, 0.2) is 24.3 Å². The number of benzene rings is 1. The van der Waals surface area contributed by atoms with Crippen molar-refractivity contribution in [3.05, 3.63) is 52.3 Å². The van der Waals surface area contributed by atoms with Gasteiger partial charge in [0.1, 0.15) is 0 Å². The predicted molar refractivity (Wildman–Crippen MR) is 88.8 cm³/mol. The van der Waals surface area contributed by atoms with Gasteiger partial charge in [-0.25, -0.2) is 0 Å². The van der Waals surface area contributed by atoms with Gasteiger partial charge in [-0.3, -0.25) is 4.68 Å². The van der Waals surface area contributed by atoms with Crippen LogP contribution in [-0.4, -0.2) is 16.8 Å². The van der Waals surface area contributed by atoms with E-state index in [1.54, 1.807) is 0 Å². The van der Waals surface area contributed by atoms with Gasteiger partial charge in [-0.2, -0.15) is 5.10 Å². The van der Waals surface area contributed by atoms with E-state index in [9.17, 15) is 0 Å². The van der Waals surface area contributed by atoms with Crippen molar-refractivity contribution >= 4 is 0 Å². The molecule has 0 saturated carbocycles. The molecule has 2 aromatic rings. The summed E-state index contributed by atoms with van der Waals surface area (Å²) < 4.78 is 2.18. The summed E-state index contributed by atoms with van der Waals surface area (Å²) in [7, 11) is 2.02. The number of rotatable bonds is 5. The largest absolute Gasteiger partial charge is 0.311 e. The van der Waals surface area contributed by atoms with Gasteiger partial charge in [-0.1, -0.05) is 36.8 Å². The van der Waals surface area contributed by atoms with Crippen LogP contribution in [0.5, 0.6) is 0 Å². The normalized spacial score (nSPS) is 14.2. The maximum Gasteiger partial charge on any atom is 0.0688 e. The molecule has 2 atom stereocenters. The Hall–Kier alpha value is -1.61. The van der Waals surface area contributed by atoms with E-state index < -0.39 is 0 Å². The average Bonchev–Trinajstić information content (AvgIpc) is 2.76. The maximum atomic E-state index is 4.77. The highest BCUT2D eigenvalue weighted by Gasteiger charge is 2.22. The van der Waals surface area contributed by atoms with E-state index in [2.05, 4.69) is 68.9 Å². The summed E-state index contributed by atoms with van der Waals surface area (Å²) in [5.74, 6) is 0. The lowest BCUT2D eigenvalue weighted by atomic mass is 9.99. The Morgan fingerprint density at radius 3 is 2.24 bits per heavy atom. The van der Waals surface area contributed by atoms with Crippen molar-refractivity contribution in [2.45, 2.75) is 53.1 Å². The van der Waals surface area contributed by atoms with Crippen molar-refractivity contribution < 1.29 is 0 Å². The fourth-order valence-corrected chi connectivity index (χ4v) is 3.21. The van der Waals surface area contributed by atoms with Crippen molar-refractivity contribution in [2.75, 3.05) is 7.05 Å². The van der Waals surface area contributed by atoms with Gasteiger partial charge in [0.2, 0.25) is 0 Å². The minimum atomic E-state index is 0.258. The van der Waals surface area contributed by atoms with Gasteiger partial charge in [0.15, 0.2) is 0 Å². The molecular formula is C18H27N3. The van der Waals surface area contributed by atoms with Crippen LogP contribution < -0.4 is 5.32 Å². The van der Waals surface area contributed by atoms with E-state index in [1.165, 1.54) is 22.4 Å². The molecule has 1 heterocycles. The summed E-state index contributed by atoms with van der Waals surface area (Å²) in [5, 5.41) is 8.22. The lowest BCUT2D eigenvalue weighted by molar-refractivity contribution is 0.365. The van der Waals surface area contributed by atoms with Crippen molar-refractivity contribution in [3.8, 4) is 0 Å². The van der Waals surface area contributed by atoms with Gasteiger partial charge in [-0.15, -0.1) is 0 Å². The minimum Gasteiger partial charge on any atom is -0.311 e. The lowest BCUT2D eigenvalue weighted by Gasteiger charge is -2.26. The van der Waals surface area contributed by atoms with Crippen LogP contribution in [0.4, 0.5) is 0 Å². The molecule has 0 bridgehead atoms. The molecule has 0 aliphatic carbocycles. The molecule has 0 radical (unpaired) electrons. The molecule has 0 spiro atoms. The molecule has 2 rings (SSSR count). The van der Waals surface area contributed by atoms with Crippen LogP contribution in [0, 0.1) is 20.8 Å². The topological polar surface area (TPSA) is 29.9 Å². The van der Waals surface area contributed by atoms with E-state index in [1.807, 2.05) is 7.05 Å². The van der Waals surface area contributed by atoms with E-state index in [0.29, 0.717) is 0 Å². The van der Waals surface area contributed by atoms with Gasteiger partial charge in [0, 0.05) is 5.69 Å². The fourth-order valence-electron chi connectivity index (χ4n) is 3.21. The first-order valence-corrected chi connectivity index (χ1v) is 7.78. The van der Waals surface area contributed by atoms with Crippen molar-refractivity contribution in [3.63, 3.8) is 0 Å². The third-order valence-electron chi connectivity index (χ3n) is 4.44. The van der Waals surface area contributed by atoms with Gasteiger partial charge >= 0.3 is 0 Å². The van der Waals surface area contributed by atoms with Gasteiger partial charge < -0.3 is 5.32 Å². The Morgan fingerprint density at radius 1 is 1.14 bits per heavy atom. The predicted octanol–water partition coefficient (Wildman–Crippen LogP) is 3.89. The average molecular weight is 285 g/mol. The Morgan fingerprint density at radius 2 is 1.76 bits per heavy atom. The van der Waals surface area contributed by atoms with Crippen LogP contribution in [0.2, 0.25) is 0 Å². The number of aromatic nitrogens is 2. The smallest absolute Gasteiger partial charge is 0.0688 e. The lowest BCUT2D eigenvalue weighted by Crippen LogP contribution is -2.27. The van der Waals surface area contributed by atoms with Crippen LogP contribution in [0.3, 0.4) is 0 Å². The molecule has 2 unspecified atom stereocenters. The summed E-state index contributed by atoms with van der Waals surface area (Å²) in [6.45, 7) is 10.8. The number of aryl methyl sites for hydroxylation is 2. The van der Waals surface area contributed by atoms with Gasteiger partial charge in [-0.05, 0) is 52.3 Å². The van der Waals surface area contributed by atoms with E-state index in [4.69, 9.17) is 5.10 Å². The molecule has 3 nitrogen and oxygen atoms in total. The first kappa shape index (κ1) is 15.8. The fraction of sp³-hybridized carbons (Fsp3) is 0.500. The zero-order valence-corrected chi connectivity index (χ0v) is 14.1. The summed E-state index contributed by atoms with van der Waals surface area (Å²) in [6.07, 6.45) is 1.04. The molecule has 1 aromatic heterocycles. The molecule has 1 N–H and O–H groups in total. The zero-order valence-electron chi connectivity index (χ0n) is 14.1. The number of nitrogens with one attached hydrogen (secondary N) is 1. The standard InChI is InChI=1S/C18H27N3/c1-7-17-13(3)20-21(14(17)4)15(5)18(19-6)16-10-8-12(2)9-11-16/h8-11,15,18-19H,7H2,1-6H3. The number of hydrogen-bond donors (Lipinski definition) is 1. The van der Waals surface area contributed by atoms with Gasteiger partial charge in [0.05, 0.1) is 17.8 Å². The first-order chi connectivity index (χ1) is 9.99. The van der Waals surface area contributed by atoms with Crippen molar-refractivity contribution in [1.29, 1.82) is 0 Å². The van der Waals surface area contributed by atoms with E-state index in [-0.39, 0.29) is 12.1 Å². The highest BCUT2D eigenvalue weighted by molar-refractivity contribution is 5.27. The van der Waals surface area contributed by atoms with E-state index in [0.717, 1.165) is 12.1 Å². The second-order valence-electron chi connectivity index (χ2n) is 5.87. The Balaban J connectivity index is 2.36. The quantitative estimate of drug-likeness (QED) is 0.903. The second kappa shape index (κ2) is 6.44. The highest BCUT2D eigenvalue weighted by atomic mass is 15.3. The monoisotopic (exact) mass is 285 g/mol. The van der Waals surface area contributed by atoms with Crippen LogP contribution in [0.25, 0.3) is 0 Å². The number of hydrogen-bond acceptors (Lipinski definition) is 2. The molecule has 3 heteroatoms. The summed E-state index contributed by atoms with van der Waals surface area (Å²) in [4.78, 5) is 0. The molecule has 0 amide bonds. The van der Waals surface area contributed by atoms with Crippen LogP contribution >= 0.6 is 0 Å². The zero-order chi connectivity index (χ0) is 15.6. The molecule has 0 aliphatic rings. The summed E-state index contributed by atoms with van der Waals surface area (Å²) in [5.41, 5.74) is 6.41. The molecule has 114 valence electrons.